The van der Waals surface area contributed by atoms with Crippen molar-refractivity contribution in [3.05, 3.63) is 77.3 Å². The molecule has 0 aliphatic heterocycles. The molecule has 0 saturated heterocycles. The Bertz CT molecular complexity index is 1060. The summed E-state index contributed by atoms with van der Waals surface area (Å²) in [6.07, 6.45) is 0.747. The Labute approximate surface area is 154 Å². The van der Waals surface area contributed by atoms with E-state index in [2.05, 4.69) is 34.0 Å². The van der Waals surface area contributed by atoms with Crippen molar-refractivity contribution >= 4 is 51.0 Å². The molecule has 0 aliphatic carbocycles. The largest absolute Gasteiger partial charge is 0.339 e. The molecule has 5 heteroatoms. The van der Waals surface area contributed by atoms with E-state index in [9.17, 15) is 4.79 Å². The van der Waals surface area contributed by atoms with Crippen LogP contribution >= 0.6 is 23.1 Å². The lowest BCUT2D eigenvalue weighted by molar-refractivity contribution is 0.112. The summed E-state index contributed by atoms with van der Waals surface area (Å²) in [5.74, 6) is 0.785. The minimum Gasteiger partial charge on any atom is -0.339 e. The maximum absolute atomic E-state index is 10.9. The highest BCUT2D eigenvalue weighted by molar-refractivity contribution is 7.14. The summed E-state index contributed by atoms with van der Waals surface area (Å²) in [6, 6.07) is 21.7. The highest BCUT2D eigenvalue weighted by atomic mass is 35.5. The molecule has 0 aliphatic rings. The van der Waals surface area contributed by atoms with Crippen molar-refractivity contribution in [2.45, 2.75) is 0 Å². The quantitative estimate of drug-likeness (QED) is 0.440. The number of nitrogens with zero attached hydrogens (tertiary/aromatic N) is 1. The molecule has 0 amide bonds. The maximum atomic E-state index is 10.9. The normalized spacial score (nSPS) is 10.8. The van der Waals surface area contributed by atoms with Crippen LogP contribution < -0.4 is 5.32 Å². The third-order valence-corrected chi connectivity index (χ3v) is 5.20. The van der Waals surface area contributed by atoms with E-state index in [1.807, 2.05) is 30.3 Å². The molecule has 0 radical (unpaired) electrons. The zero-order valence-corrected chi connectivity index (χ0v) is 14.6. The first-order valence-electron chi connectivity index (χ1n) is 7.72. The Morgan fingerprint density at radius 3 is 2.60 bits per heavy atom. The SMILES string of the molecule is O=Cc1ccc(Nc2nsc3c(-c4ccccc4)cccc23)cc1Cl. The summed E-state index contributed by atoms with van der Waals surface area (Å²) in [4.78, 5) is 10.9. The van der Waals surface area contributed by atoms with E-state index >= 15 is 0 Å². The predicted molar refractivity (Wildman–Crippen MR) is 105 cm³/mol. The van der Waals surface area contributed by atoms with Gasteiger partial charge in [0.2, 0.25) is 0 Å². The number of halogens is 1. The number of aldehydes is 1. The first kappa shape index (κ1) is 15.8. The second kappa shape index (κ2) is 6.67. The Balaban J connectivity index is 1.75. The molecular weight excluding hydrogens is 352 g/mol. The molecule has 0 unspecified atom stereocenters. The van der Waals surface area contributed by atoms with Crippen LogP contribution in [0.5, 0.6) is 0 Å². The van der Waals surface area contributed by atoms with Gasteiger partial charge in [0.25, 0.3) is 0 Å². The Morgan fingerprint density at radius 2 is 1.84 bits per heavy atom. The number of carbonyl (C=O) groups excluding carboxylic acids is 1. The molecule has 0 atom stereocenters. The lowest BCUT2D eigenvalue weighted by atomic mass is 10.0. The standard InChI is InChI=1S/C20H13ClN2OS/c21-18-11-15(10-9-14(18)12-24)22-20-17-8-4-7-16(19(17)25-23-20)13-5-2-1-3-6-13/h1-12H,(H,22,23). The number of benzene rings is 3. The number of hydrogen-bond acceptors (Lipinski definition) is 4. The number of aromatic nitrogens is 1. The Morgan fingerprint density at radius 1 is 1.00 bits per heavy atom. The molecular formula is C20H13ClN2OS. The van der Waals surface area contributed by atoms with Gasteiger partial charge < -0.3 is 5.32 Å². The van der Waals surface area contributed by atoms with Crippen molar-refractivity contribution < 1.29 is 4.79 Å². The second-order valence-corrected chi connectivity index (χ2v) is 6.74. The summed E-state index contributed by atoms with van der Waals surface area (Å²) in [5, 5.41) is 4.77. The third kappa shape index (κ3) is 3.02. The van der Waals surface area contributed by atoms with E-state index in [0.717, 1.165) is 33.4 Å². The van der Waals surface area contributed by atoms with E-state index in [-0.39, 0.29) is 0 Å². The number of rotatable bonds is 4. The van der Waals surface area contributed by atoms with Gasteiger partial charge in [-0.15, -0.1) is 0 Å². The summed E-state index contributed by atoms with van der Waals surface area (Å²) in [5.41, 5.74) is 3.61. The van der Waals surface area contributed by atoms with Crippen LogP contribution in [0.4, 0.5) is 11.5 Å². The second-order valence-electron chi connectivity index (χ2n) is 5.56. The molecule has 0 fully saturated rings. The smallest absolute Gasteiger partial charge is 0.151 e. The fraction of sp³-hybridized carbons (Fsp3) is 0. The molecule has 4 aromatic rings. The molecule has 0 bridgehead atoms. The van der Waals surface area contributed by atoms with Crippen molar-refractivity contribution in [2.75, 3.05) is 5.32 Å². The molecule has 1 N–H and O–H groups in total. The molecule has 1 heterocycles. The average Bonchev–Trinajstić information content (AvgIpc) is 3.06. The summed E-state index contributed by atoms with van der Waals surface area (Å²) >= 11 is 7.57. The van der Waals surface area contributed by atoms with Gasteiger partial charge in [0, 0.05) is 22.2 Å². The van der Waals surface area contributed by atoms with E-state index in [1.165, 1.54) is 17.1 Å². The van der Waals surface area contributed by atoms with Crippen LogP contribution in [0, 0.1) is 0 Å². The van der Waals surface area contributed by atoms with Crippen LogP contribution in [0.15, 0.2) is 66.7 Å². The summed E-state index contributed by atoms with van der Waals surface area (Å²) in [6.45, 7) is 0. The van der Waals surface area contributed by atoms with Gasteiger partial charge in [-0.2, -0.15) is 4.37 Å². The fourth-order valence-corrected chi connectivity index (χ4v) is 3.83. The molecule has 3 nitrogen and oxygen atoms in total. The Hall–Kier alpha value is -2.69. The zero-order chi connectivity index (χ0) is 17.2. The van der Waals surface area contributed by atoms with Gasteiger partial charge in [0.15, 0.2) is 12.1 Å². The highest BCUT2D eigenvalue weighted by Gasteiger charge is 2.11. The van der Waals surface area contributed by atoms with Gasteiger partial charge in [-0.1, -0.05) is 54.1 Å². The number of carbonyl (C=O) groups is 1. The Kier molecular flexibility index (Phi) is 4.22. The lowest BCUT2D eigenvalue weighted by Crippen LogP contribution is -1.92. The molecule has 3 aromatic carbocycles. The molecule has 122 valence electrons. The van der Waals surface area contributed by atoms with Gasteiger partial charge in [0.05, 0.1) is 9.72 Å². The van der Waals surface area contributed by atoms with E-state index in [4.69, 9.17) is 11.6 Å². The topological polar surface area (TPSA) is 42.0 Å². The van der Waals surface area contributed by atoms with E-state index < -0.39 is 0 Å². The van der Waals surface area contributed by atoms with Crippen molar-refractivity contribution in [3.63, 3.8) is 0 Å². The van der Waals surface area contributed by atoms with Crippen LogP contribution in [0.3, 0.4) is 0 Å². The van der Waals surface area contributed by atoms with E-state index in [1.54, 1.807) is 12.1 Å². The minimum absolute atomic E-state index is 0.421. The first-order chi connectivity index (χ1) is 12.3. The summed E-state index contributed by atoms with van der Waals surface area (Å²) in [7, 11) is 0. The van der Waals surface area contributed by atoms with Crippen molar-refractivity contribution in [3.8, 4) is 11.1 Å². The molecule has 4 rings (SSSR count). The van der Waals surface area contributed by atoms with Crippen molar-refractivity contribution in [1.82, 2.24) is 4.37 Å². The fourth-order valence-electron chi connectivity index (χ4n) is 2.73. The van der Waals surface area contributed by atoms with Crippen LogP contribution in [0.1, 0.15) is 10.4 Å². The van der Waals surface area contributed by atoms with Gasteiger partial charge in [-0.3, -0.25) is 4.79 Å². The van der Waals surface area contributed by atoms with Gasteiger partial charge in [-0.25, -0.2) is 0 Å². The number of hydrogen-bond donors (Lipinski definition) is 1. The molecule has 0 saturated carbocycles. The van der Waals surface area contributed by atoms with Crippen LogP contribution in [0.2, 0.25) is 5.02 Å². The average molecular weight is 365 g/mol. The summed E-state index contributed by atoms with van der Waals surface area (Å²) < 4.78 is 5.70. The van der Waals surface area contributed by atoms with Crippen LogP contribution in [-0.2, 0) is 0 Å². The number of fused-ring (bicyclic) bond motifs is 1. The monoisotopic (exact) mass is 364 g/mol. The predicted octanol–water partition coefficient (Wildman–Crippen LogP) is 6.17. The maximum Gasteiger partial charge on any atom is 0.151 e. The first-order valence-corrected chi connectivity index (χ1v) is 8.87. The van der Waals surface area contributed by atoms with Crippen LogP contribution in [0.25, 0.3) is 21.2 Å². The molecule has 0 spiro atoms. The number of nitrogens with one attached hydrogen (secondary N) is 1. The molecule has 1 aromatic heterocycles. The highest BCUT2D eigenvalue weighted by Crippen LogP contribution is 2.36. The van der Waals surface area contributed by atoms with Gasteiger partial charge >= 0.3 is 0 Å². The lowest BCUT2D eigenvalue weighted by Gasteiger charge is -2.06. The van der Waals surface area contributed by atoms with Crippen LogP contribution in [-0.4, -0.2) is 10.7 Å². The van der Waals surface area contributed by atoms with E-state index in [0.29, 0.717) is 10.6 Å². The van der Waals surface area contributed by atoms with Crippen molar-refractivity contribution in [2.24, 2.45) is 0 Å². The molecule has 25 heavy (non-hydrogen) atoms. The minimum atomic E-state index is 0.421. The number of anilines is 2. The zero-order valence-electron chi connectivity index (χ0n) is 13.1. The van der Waals surface area contributed by atoms with Crippen molar-refractivity contribution in [1.29, 1.82) is 0 Å². The third-order valence-electron chi connectivity index (χ3n) is 3.97. The van der Waals surface area contributed by atoms with Gasteiger partial charge in [0.1, 0.15) is 0 Å². The van der Waals surface area contributed by atoms with Gasteiger partial charge in [-0.05, 0) is 41.4 Å².